The Morgan fingerprint density at radius 2 is 2.38 bits per heavy atom. The number of likely N-dealkylation sites (tertiary alicyclic amines) is 1. The Morgan fingerprint density at radius 1 is 1.52 bits per heavy atom. The molecule has 1 aromatic rings. The van der Waals surface area contributed by atoms with Crippen LogP contribution in [0.3, 0.4) is 0 Å². The van der Waals surface area contributed by atoms with Gasteiger partial charge >= 0.3 is 0 Å². The van der Waals surface area contributed by atoms with Crippen molar-refractivity contribution in [3.05, 3.63) is 29.3 Å². The van der Waals surface area contributed by atoms with E-state index in [1.165, 1.54) is 11.1 Å². The maximum absolute atomic E-state index is 8.82. The molecule has 21 heavy (non-hydrogen) atoms. The van der Waals surface area contributed by atoms with Gasteiger partial charge in [-0.3, -0.25) is 4.90 Å². The van der Waals surface area contributed by atoms with E-state index in [4.69, 9.17) is 15.7 Å². The second-order valence-corrected chi connectivity index (χ2v) is 6.18. The van der Waals surface area contributed by atoms with Crippen LogP contribution < -0.4 is 10.5 Å². The predicted octanol–water partition coefficient (Wildman–Crippen LogP) is 1.76. The Morgan fingerprint density at radius 3 is 3.19 bits per heavy atom. The highest BCUT2D eigenvalue weighted by atomic mass is 16.5. The number of benzene rings is 1. The molecule has 0 aromatic heterocycles. The molecule has 0 spiro atoms. The monoisotopic (exact) mass is 289 g/mol. The first-order valence-corrected chi connectivity index (χ1v) is 7.61. The van der Waals surface area contributed by atoms with Crippen molar-refractivity contribution in [3.8, 4) is 5.75 Å². The van der Waals surface area contributed by atoms with Crippen LogP contribution >= 0.6 is 0 Å². The van der Waals surface area contributed by atoms with Crippen LogP contribution in [0.1, 0.15) is 24.0 Å². The molecule has 2 unspecified atom stereocenters. The second kappa shape index (κ2) is 5.93. The van der Waals surface area contributed by atoms with Gasteiger partial charge < -0.3 is 15.7 Å². The van der Waals surface area contributed by atoms with Crippen molar-refractivity contribution in [2.45, 2.75) is 32.3 Å². The Labute approximate surface area is 125 Å². The summed E-state index contributed by atoms with van der Waals surface area (Å²) in [5.41, 5.74) is 8.34. The number of hydrogen-bond donors (Lipinski definition) is 2. The van der Waals surface area contributed by atoms with Crippen molar-refractivity contribution in [1.29, 1.82) is 0 Å². The molecule has 5 nitrogen and oxygen atoms in total. The van der Waals surface area contributed by atoms with Gasteiger partial charge in [0.2, 0.25) is 0 Å². The fraction of sp³-hybridized carbons (Fsp3) is 0.562. The number of amidine groups is 1. The minimum Gasteiger partial charge on any atom is -0.488 e. The number of aryl methyl sites for hydroxylation is 1. The number of fused-ring (bicyclic) bond motifs is 1. The molecule has 0 bridgehead atoms. The smallest absolute Gasteiger partial charge is 0.143 e. The summed E-state index contributed by atoms with van der Waals surface area (Å²) in [5.74, 6) is 1.54. The fourth-order valence-electron chi connectivity index (χ4n) is 3.38. The summed E-state index contributed by atoms with van der Waals surface area (Å²) >= 11 is 0. The van der Waals surface area contributed by atoms with Gasteiger partial charge in [0.15, 0.2) is 0 Å². The van der Waals surface area contributed by atoms with Crippen LogP contribution in [0.4, 0.5) is 0 Å². The van der Waals surface area contributed by atoms with Crippen molar-refractivity contribution in [3.63, 3.8) is 0 Å². The van der Waals surface area contributed by atoms with E-state index in [0.717, 1.165) is 44.6 Å². The molecule has 3 N–H and O–H groups in total. The van der Waals surface area contributed by atoms with Crippen molar-refractivity contribution in [2.24, 2.45) is 16.8 Å². The zero-order chi connectivity index (χ0) is 14.8. The van der Waals surface area contributed by atoms with Crippen molar-refractivity contribution < 1.29 is 9.94 Å². The largest absolute Gasteiger partial charge is 0.488 e. The Hall–Kier alpha value is -1.75. The maximum atomic E-state index is 8.82. The number of rotatable bonds is 3. The first-order valence-electron chi connectivity index (χ1n) is 7.61. The van der Waals surface area contributed by atoms with Crippen LogP contribution in [0.5, 0.6) is 5.75 Å². The van der Waals surface area contributed by atoms with E-state index in [0.29, 0.717) is 5.84 Å². The van der Waals surface area contributed by atoms with Gasteiger partial charge in [0.1, 0.15) is 17.7 Å². The van der Waals surface area contributed by atoms with Gasteiger partial charge in [-0.25, -0.2) is 0 Å². The molecule has 2 aliphatic rings. The zero-order valence-electron chi connectivity index (χ0n) is 12.5. The van der Waals surface area contributed by atoms with E-state index >= 15 is 0 Å². The van der Waals surface area contributed by atoms with Gasteiger partial charge in [0, 0.05) is 25.4 Å². The Kier molecular flexibility index (Phi) is 4.01. The topological polar surface area (TPSA) is 71.1 Å². The predicted molar refractivity (Wildman–Crippen MR) is 81.9 cm³/mol. The van der Waals surface area contributed by atoms with E-state index < -0.39 is 0 Å². The lowest BCUT2D eigenvalue weighted by Crippen LogP contribution is -2.45. The highest BCUT2D eigenvalue weighted by Crippen LogP contribution is 2.30. The maximum Gasteiger partial charge on any atom is 0.143 e. The summed E-state index contributed by atoms with van der Waals surface area (Å²) in [4.78, 5) is 2.37. The lowest BCUT2D eigenvalue weighted by atomic mass is 9.96. The summed E-state index contributed by atoms with van der Waals surface area (Å²) < 4.78 is 6.03. The number of piperidine rings is 1. The van der Waals surface area contributed by atoms with Crippen molar-refractivity contribution >= 4 is 5.84 Å². The summed E-state index contributed by atoms with van der Waals surface area (Å²) in [5, 5.41) is 12.0. The molecular formula is C16H23N3O2. The normalized spacial score (nSPS) is 26.4. The van der Waals surface area contributed by atoms with Crippen molar-refractivity contribution in [1.82, 2.24) is 4.90 Å². The number of hydrogen-bond acceptors (Lipinski definition) is 4. The molecule has 0 saturated carbocycles. The van der Waals surface area contributed by atoms with E-state index in [9.17, 15) is 0 Å². The van der Waals surface area contributed by atoms with Crippen LogP contribution in [0.25, 0.3) is 0 Å². The first-order chi connectivity index (χ1) is 10.2. The summed E-state index contributed by atoms with van der Waals surface area (Å²) in [6, 6.07) is 6.38. The van der Waals surface area contributed by atoms with E-state index in [-0.39, 0.29) is 12.0 Å². The molecule has 0 amide bonds. The minimum atomic E-state index is 0.162. The van der Waals surface area contributed by atoms with Crippen LogP contribution in [0, 0.1) is 12.8 Å². The molecule has 5 heteroatoms. The average molecular weight is 289 g/mol. The molecule has 1 saturated heterocycles. The molecule has 0 radical (unpaired) electrons. The highest BCUT2D eigenvalue weighted by Gasteiger charge is 2.28. The van der Waals surface area contributed by atoms with Gasteiger partial charge in [0.05, 0.1) is 0 Å². The molecule has 1 aromatic carbocycles. The SMILES string of the molecule is Cc1ccc2c(c1)CC(CN1CCCC(C(N)=NO)C1)O2. The summed E-state index contributed by atoms with van der Waals surface area (Å²) in [6.07, 6.45) is 3.27. The third-order valence-electron chi connectivity index (χ3n) is 4.46. The van der Waals surface area contributed by atoms with Gasteiger partial charge in [-0.15, -0.1) is 0 Å². The standard InChI is InChI=1S/C16H23N3O2/c1-11-4-5-15-13(7-11)8-14(21-15)10-19-6-2-3-12(9-19)16(17)18-20/h4-5,7,12,14,20H,2-3,6,8-10H2,1H3,(H2,17,18). The quantitative estimate of drug-likeness (QED) is 0.385. The number of nitrogens with zero attached hydrogens (tertiary/aromatic N) is 2. The minimum absolute atomic E-state index is 0.162. The lowest BCUT2D eigenvalue weighted by molar-refractivity contribution is 0.123. The Balaban J connectivity index is 1.58. The van der Waals surface area contributed by atoms with Gasteiger partial charge in [-0.2, -0.15) is 0 Å². The molecule has 0 aliphatic carbocycles. The van der Waals surface area contributed by atoms with E-state index in [1.807, 2.05) is 0 Å². The fourth-order valence-corrected chi connectivity index (χ4v) is 3.38. The van der Waals surface area contributed by atoms with Crippen LogP contribution in [0.2, 0.25) is 0 Å². The van der Waals surface area contributed by atoms with Gasteiger partial charge in [-0.05, 0) is 37.9 Å². The number of ether oxygens (including phenoxy) is 1. The Bertz CT molecular complexity index is 544. The molecule has 1 fully saturated rings. The molecule has 2 aliphatic heterocycles. The van der Waals surface area contributed by atoms with E-state index in [1.54, 1.807) is 0 Å². The zero-order valence-corrected chi connectivity index (χ0v) is 12.5. The number of oxime groups is 1. The average Bonchev–Trinajstić information content (AvgIpc) is 2.88. The molecular weight excluding hydrogens is 266 g/mol. The third kappa shape index (κ3) is 3.13. The van der Waals surface area contributed by atoms with Crippen molar-refractivity contribution in [2.75, 3.05) is 19.6 Å². The second-order valence-electron chi connectivity index (χ2n) is 6.18. The van der Waals surface area contributed by atoms with E-state index in [2.05, 4.69) is 35.2 Å². The van der Waals surface area contributed by atoms with Gasteiger partial charge in [-0.1, -0.05) is 22.9 Å². The summed E-state index contributed by atoms with van der Waals surface area (Å²) in [6.45, 7) is 4.93. The lowest BCUT2D eigenvalue weighted by Gasteiger charge is -2.33. The molecule has 2 heterocycles. The van der Waals surface area contributed by atoms with Gasteiger partial charge in [0.25, 0.3) is 0 Å². The summed E-state index contributed by atoms with van der Waals surface area (Å²) in [7, 11) is 0. The van der Waals surface area contributed by atoms with Crippen LogP contribution in [-0.2, 0) is 6.42 Å². The highest BCUT2D eigenvalue weighted by molar-refractivity contribution is 5.82. The van der Waals surface area contributed by atoms with Crippen LogP contribution in [0.15, 0.2) is 23.4 Å². The molecule has 2 atom stereocenters. The molecule has 114 valence electrons. The third-order valence-corrected chi connectivity index (χ3v) is 4.46. The first kappa shape index (κ1) is 14.2. The molecule has 3 rings (SSSR count). The number of nitrogens with two attached hydrogens (primary N) is 1. The van der Waals surface area contributed by atoms with Crippen LogP contribution in [-0.4, -0.2) is 41.7 Å².